The van der Waals surface area contributed by atoms with Crippen LogP contribution in [0.2, 0.25) is 0 Å². The normalized spacial score (nSPS) is 16.5. The van der Waals surface area contributed by atoms with Crippen molar-refractivity contribution in [3.05, 3.63) is 15.6 Å². The third kappa shape index (κ3) is 2.31. The van der Waals surface area contributed by atoms with Gasteiger partial charge in [-0.15, -0.1) is 11.3 Å². The van der Waals surface area contributed by atoms with Gasteiger partial charge in [0.25, 0.3) is 5.91 Å². The summed E-state index contributed by atoms with van der Waals surface area (Å²) in [6.07, 6.45) is 0. The van der Waals surface area contributed by atoms with Gasteiger partial charge in [0.1, 0.15) is 12.2 Å². The van der Waals surface area contributed by atoms with Gasteiger partial charge in [0, 0.05) is 25.0 Å². The van der Waals surface area contributed by atoms with Crippen molar-refractivity contribution >= 4 is 23.2 Å². The van der Waals surface area contributed by atoms with E-state index < -0.39 is 0 Å². The van der Waals surface area contributed by atoms with Crippen molar-refractivity contribution < 1.29 is 9.59 Å². The molecule has 1 aliphatic heterocycles. The number of hydrogen-bond donors (Lipinski definition) is 0. The number of thiazole rings is 1. The Hall–Kier alpha value is -1.43. The fourth-order valence-electron chi connectivity index (χ4n) is 1.81. The van der Waals surface area contributed by atoms with Crippen molar-refractivity contribution in [3.8, 4) is 0 Å². The lowest BCUT2D eigenvalue weighted by Gasteiger charge is -2.31. The highest BCUT2D eigenvalue weighted by Crippen LogP contribution is 2.18. The molecule has 0 radical (unpaired) electrons. The molecule has 1 aromatic rings. The van der Waals surface area contributed by atoms with Crippen LogP contribution in [-0.2, 0) is 4.79 Å². The maximum absolute atomic E-state index is 12.2. The Morgan fingerprint density at radius 3 is 2.59 bits per heavy atom. The summed E-state index contributed by atoms with van der Waals surface area (Å²) in [4.78, 5) is 32.1. The Kier molecular flexibility index (Phi) is 3.15. The molecule has 0 spiro atoms. The summed E-state index contributed by atoms with van der Waals surface area (Å²) >= 11 is 1.51. The summed E-state index contributed by atoms with van der Waals surface area (Å²) in [7, 11) is 1.75. The fraction of sp³-hybridized carbons (Fsp3) is 0.545. The predicted octanol–water partition coefficient (Wildman–Crippen LogP) is 0.674. The van der Waals surface area contributed by atoms with Crippen LogP contribution in [0.4, 0.5) is 0 Å². The number of rotatable bonds is 1. The van der Waals surface area contributed by atoms with E-state index in [2.05, 4.69) is 4.98 Å². The molecule has 0 saturated carbocycles. The van der Waals surface area contributed by atoms with Gasteiger partial charge in [-0.05, 0) is 13.8 Å². The molecule has 0 N–H and O–H groups in total. The minimum Gasteiger partial charge on any atom is -0.342 e. The van der Waals surface area contributed by atoms with E-state index in [4.69, 9.17) is 0 Å². The number of aryl methyl sites for hydroxylation is 2. The summed E-state index contributed by atoms with van der Waals surface area (Å²) in [5.41, 5.74) is 0.491. The number of carbonyl (C=O) groups excluding carboxylic acids is 2. The van der Waals surface area contributed by atoms with Crippen molar-refractivity contribution in [1.82, 2.24) is 14.8 Å². The zero-order valence-corrected chi connectivity index (χ0v) is 11.0. The third-order valence-electron chi connectivity index (χ3n) is 2.85. The summed E-state index contributed by atoms with van der Waals surface area (Å²) in [6, 6.07) is 0. The van der Waals surface area contributed by atoms with E-state index in [0.717, 1.165) is 9.88 Å². The molecule has 0 unspecified atom stereocenters. The van der Waals surface area contributed by atoms with Crippen molar-refractivity contribution in [1.29, 1.82) is 0 Å². The molecular formula is C11H15N3O2S. The molecule has 5 nitrogen and oxygen atoms in total. The van der Waals surface area contributed by atoms with Gasteiger partial charge in [-0.25, -0.2) is 4.98 Å². The van der Waals surface area contributed by atoms with Crippen LogP contribution >= 0.6 is 11.3 Å². The maximum Gasteiger partial charge on any atom is 0.274 e. The Morgan fingerprint density at radius 1 is 1.35 bits per heavy atom. The molecule has 0 aromatic carbocycles. The van der Waals surface area contributed by atoms with Gasteiger partial charge in [0.05, 0.1) is 5.01 Å². The van der Waals surface area contributed by atoms with E-state index in [1.165, 1.54) is 11.3 Å². The van der Waals surface area contributed by atoms with Crippen LogP contribution in [-0.4, -0.2) is 53.3 Å². The Balaban J connectivity index is 2.16. The number of hydrogen-bond acceptors (Lipinski definition) is 4. The molecule has 17 heavy (non-hydrogen) atoms. The number of amides is 2. The number of piperazine rings is 1. The second kappa shape index (κ2) is 4.44. The van der Waals surface area contributed by atoms with E-state index in [1.807, 2.05) is 13.8 Å². The third-order valence-corrected chi connectivity index (χ3v) is 3.74. The quantitative estimate of drug-likeness (QED) is 0.739. The number of aromatic nitrogens is 1. The van der Waals surface area contributed by atoms with E-state index in [1.54, 1.807) is 16.8 Å². The molecular weight excluding hydrogens is 238 g/mol. The summed E-state index contributed by atoms with van der Waals surface area (Å²) in [6.45, 7) is 5.09. The Bertz CT molecular complexity index is 469. The average Bonchev–Trinajstić information content (AvgIpc) is 2.61. The summed E-state index contributed by atoms with van der Waals surface area (Å²) in [5.74, 6) is -0.150. The van der Waals surface area contributed by atoms with Gasteiger partial charge in [-0.1, -0.05) is 0 Å². The SMILES string of the molecule is Cc1nc(C(=O)N2CCN(C)C(=O)C2)c(C)s1. The van der Waals surface area contributed by atoms with Gasteiger partial charge in [-0.3, -0.25) is 9.59 Å². The Labute approximate surface area is 104 Å². The number of nitrogens with zero attached hydrogens (tertiary/aromatic N) is 3. The highest BCUT2D eigenvalue weighted by molar-refractivity contribution is 7.11. The van der Waals surface area contributed by atoms with Crippen LogP contribution in [0.1, 0.15) is 20.4 Å². The second-order valence-electron chi connectivity index (χ2n) is 4.18. The van der Waals surface area contributed by atoms with Crippen molar-refractivity contribution in [2.75, 3.05) is 26.7 Å². The van der Waals surface area contributed by atoms with Crippen LogP contribution < -0.4 is 0 Å². The minimum atomic E-state index is -0.131. The van der Waals surface area contributed by atoms with Crippen molar-refractivity contribution in [2.45, 2.75) is 13.8 Å². The first-order chi connectivity index (χ1) is 7.99. The molecule has 1 aromatic heterocycles. The van der Waals surface area contributed by atoms with Crippen LogP contribution in [0.3, 0.4) is 0 Å². The van der Waals surface area contributed by atoms with Crippen LogP contribution in [0, 0.1) is 13.8 Å². The van der Waals surface area contributed by atoms with Gasteiger partial charge >= 0.3 is 0 Å². The van der Waals surface area contributed by atoms with E-state index in [0.29, 0.717) is 18.8 Å². The molecule has 2 heterocycles. The monoisotopic (exact) mass is 253 g/mol. The molecule has 0 atom stereocenters. The lowest BCUT2D eigenvalue weighted by molar-refractivity contribution is -0.133. The van der Waals surface area contributed by atoms with E-state index >= 15 is 0 Å². The average molecular weight is 253 g/mol. The highest BCUT2D eigenvalue weighted by Gasteiger charge is 2.27. The Morgan fingerprint density at radius 2 is 2.06 bits per heavy atom. The van der Waals surface area contributed by atoms with E-state index in [-0.39, 0.29) is 18.4 Å². The predicted molar refractivity (Wildman–Crippen MR) is 65.1 cm³/mol. The molecule has 92 valence electrons. The van der Waals surface area contributed by atoms with Gasteiger partial charge in [0.15, 0.2) is 0 Å². The molecule has 1 fully saturated rings. The van der Waals surface area contributed by atoms with Crippen molar-refractivity contribution in [3.63, 3.8) is 0 Å². The highest BCUT2D eigenvalue weighted by atomic mass is 32.1. The van der Waals surface area contributed by atoms with Crippen LogP contribution in [0.25, 0.3) is 0 Å². The smallest absolute Gasteiger partial charge is 0.274 e. The summed E-state index contributed by atoms with van der Waals surface area (Å²) in [5, 5.41) is 0.881. The standard InChI is InChI=1S/C11H15N3O2S/c1-7-10(12-8(2)17-7)11(16)14-5-4-13(3)9(15)6-14/h4-6H2,1-3H3. The van der Waals surface area contributed by atoms with Gasteiger partial charge < -0.3 is 9.80 Å². The van der Waals surface area contributed by atoms with Crippen LogP contribution in [0.5, 0.6) is 0 Å². The van der Waals surface area contributed by atoms with E-state index in [9.17, 15) is 9.59 Å². The first kappa shape index (κ1) is 12.0. The zero-order valence-electron chi connectivity index (χ0n) is 10.2. The van der Waals surface area contributed by atoms with Crippen LogP contribution in [0.15, 0.2) is 0 Å². The molecule has 2 rings (SSSR count). The topological polar surface area (TPSA) is 53.5 Å². The summed E-state index contributed by atoms with van der Waals surface area (Å²) < 4.78 is 0. The minimum absolute atomic E-state index is 0.0193. The lowest BCUT2D eigenvalue weighted by Crippen LogP contribution is -2.50. The molecule has 1 saturated heterocycles. The molecule has 0 aliphatic carbocycles. The second-order valence-corrected chi connectivity index (χ2v) is 5.59. The lowest BCUT2D eigenvalue weighted by atomic mass is 10.2. The fourth-order valence-corrected chi connectivity index (χ4v) is 2.62. The first-order valence-corrected chi connectivity index (χ1v) is 6.28. The van der Waals surface area contributed by atoms with Crippen molar-refractivity contribution in [2.24, 2.45) is 0 Å². The molecule has 1 aliphatic rings. The van der Waals surface area contributed by atoms with Gasteiger partial charge in [0.2, 0.25) is 5.91 Å². The maximum atomic E-state index is 12.2. The van der Waals surface area contributed by atoms with Gasteiger partial charge in [-0.2, -0.15) is 0 Å². The zero-order chi connectivity index (χ0) is 12.6. The molecule has 6 heteroatoms. The number of carbonyl (C=O) groups is 2. The molecule has 2 amide bonds. The largest absolute Gasteiger partial charge is 0.342 e. The first-order valence-electron chi connectivity index (χ1n) is 5.46. The number of likely N-dealkylation sites (N-methyl/N-ethyl adjacent to an activating group) is 1. The molecule has 0 bridgehead atoms.